The Balaban J connectivity index is 1.23. The summed E-state index contributed by atoms with van der Waals surface area (Å²) in [6.45, 7) is 3.68. The number of piperazine rings is 1. The predicted molar refractivity (Wildman–Crippen MR) is 122 cm³/mol. The second kappa shape index (κ2) is 9.86. The number of phenolic OH excluding ortho intramolecular Hbond substituents is 1. The number of hydrogen-bond donors (Lipinski definition) is 2. The van der Waals surface area contributed by atoms with Crippen molar-refractivity contribution >= 4 is 28.7 Å². The molecule has 0 aliphatic carbocycles. The number of hydrogen-bond acceptors (Lipinski definition) is 6. The monoisotopic (exact) mass is 415 g/mol. The molecule has 158 valence electrons. The van der Waals surface area contributed by atoms with Crippen molar-refractivity contribution in [3.8, 4) is 5.75 Å². The van der Waals surface area contributed by atoms with Crippen molar-refractivity contribution in [2.24, 2.45) is 10.2 Å². The number of azo groups is 1. The van der Waals surface area contributed by atoms with Gasteiger partial charge in [-0.1, -0.05) is 18.2 Å². The third-order valence-electron chi connectivity index (χ3n) is 5.14. The molecule has 7 nitrogen and oxygen atoms in total. The lowest BCUT2D eigenvalue weighted by molar-refractivity contribution is -0.117. The van der Waals surface area contributed by atoms with E-state index in [0.29, 0.717) is 6.54 Å². The van der Waals surface area contributed by atoms with Gasteiger partial charge < -0.3 is 15.3 Å². The Labute approximate surface area is 181 Å². The average molecular weight is 415 g/mol. The van der Waals surface area contributed by atoms with Gasteiger partial charge in [0.05, 0.1) is 17.9 Å². The van der Waals surface area contributed by atoms with Crippen LogP contribution >= 0.6 is 0 Å². The predicted octanol–water partition coefficient (Wildman–Crippen LogP) is 4.57. The van der Waals surface area contributed by atoms with Gasteiger partial charge in [-0.3, -0.25) is 9.69 Å². The highest BCUT2D eigenvalue weighted by molar-refractivity contribution is 5.92. The maximum absolute atomic E-state index is 12.4. The minimum absolute atomic E-state index is 0.0308. The third-order valence-corrected chi connectivity index (χ3v) is 5.14. The SMILES string of the molecule is O=C(CN1CCN(c2ccc(O)cc2)CC1)Nc1ccc(N=Nc2ccccc2)cc1. The largest absolute Gasteiger partial charge is 0.508 e. The normalized spacial score (nSPS) is 14.6. The van der Waals surface area contributed by atoms with Crippen LogP contribution in [0.5, 0.6) is 5.75 Å². The van der Waals surface area contributed by atoms with Crippen molar-refractivity contribution in [2.75, 3.05) is 42.9 Å². The van der Waals surface area contributed by atoms with Gasteiger partial charge in [0, 0.05) is 37.6 Å². The number of carbonyl (C=O) groups is 1. The summed E-state index contributed by atoms with van der Waals surface area (Å²) in [4.78, 5) is 16.8. The van der Waals surface area contributed by atoms with E-state index in [0.717, 1.165) is 48.9 Å². The Morgan fingerprint density at radius 1 is 0.806 bits per heavy atom. The molecule has 31 heavy (non-hydrogen) atoms. The molecule has 1 amide bonds. The number of aromatic hydroxyl groups is 1. The summed E-state index contributed by atoms with van der Waals surface area (Å²) in [5.41, 5.74) is 3.36. The van der Waals surface area contributed by atoms with Gasteiger partial charge in [0.2, 0.25) is 5.91 Å². The molecule has 3 aromatic carbocycles. The number of carbonyl (C=O) groups excluding carboxylic acids is 1. The highest BCUT2D eigenvalue weighted by Gasteiger charge is 2.19. The van der Waals surface area contributed by atoms with Crippen LogP contribution in [0.4, 0.5) is 22.7 Å². The summed E-state index contributed by atoms with van der Waals surface area (Å²) in [7, 11) is 0. The Morgan fingerprint density at radius 3 is 2.06 bits per heavy atom. The number of amides is 1. The molecule has 1 saturated heterocycles. The van der Waals surface area contributed by atoms with Crippen molar-refractivity contribution in [1.29, 1.82) is 0 Å². The van der Waals surface area contributed by atoms with Crippen LogP contribution in [0.25, 0.3) is 0 Å². The average Bonchev–Trinajstić information content (AvgIpc) is 2.80. The van der Waals surface area contributed by atoms with Gasteiger partial charge in [0.1, 0.15) is 5.75 Å². The van der Waals surface area contributed by atoms with Gasteiger partial charge in [-0.25, -0.2) is 0 Å². The standard InChI is InChI=1S/C24H25N5O2/c30-23-12-10-22(11-13-23)29-16-14-28(15-17-29)18-24(31)25-19-6-8-21(9-7-19)27-26-20-4-2-1-3-5-20/h1-13,30H,14-18H2,(H,25,31). The molecule has 0 unspecified atom stereocenters. The third kappa shape index (κ3) is 5.90. The molecule has 1 heterocycles. The molecule has 0 atom stereocenters. The first kappa shape index (κ1) is 20.6. The second-order valence-electron chi connectivity index (χ2n) is 7.41. The zero-order valence-electron chi connectivity index (χ0n) is 17.2. The minimum atomic E-state index is -0.0308. The van der Waals surface area contributed by atoms with E-state index < -0.39 is 0 Å². The summed E-state index contributed by atoms with van der Waals surface area (Å²) >= 11 is 0. The molecule has 0 radical (unpaired) electrons. The fourth-order valence-corrected chi connectivity index (χ4v) is 3.45. The van der Waals surface area contributed by atoms with Crippen molar-refractivity contribution in [3.63, 3.8) is 0 Å². The number of rotatable bonds is 6. The Kier molecular flexibility index (Phi) is 6.54. The Morgan fingerprint density at radius 2 is 1.42 bits per heavy atom. The van der Waals surface area contributed by atoms with Crippen LogP contribution in [0, 0.1) is 0 Å². The van der Waals surface area contributed by atoms with Crippen LogP contribution in [-0.2, 0) is 4.79 Å². The van der Waals surface area contributed by atoms with E-state index in [2.05, 4.69) is 25.3 Å². The Hall–Kier alpha value is -3.71. The fourth-order valence-electron chi connectivity index (χ4n) is 3.45. The van der Waals surface area contributed by atoms with Crippen molar-refractivity contribution in [2.45, 2.75) is 0 Å². The molecular weight excluding hydrogens is 390 g/mol. The zero-order chi connectivity index (χ0) is 21.5. The summed E-state index contributed by atoms with van der Waals surface area (Å²) in [5.74, 6) is 0.239. The number of phenols is 1. The first-order chi connectivity index (χ1) is 15.2. The van der Waals surface area contributed by atoms with E-state index >= 15 is 0 Å². The number of nitrogens with one attached hydrogen (secondary N) is 1. The molecule has 0 spiro atoms. The first-order valence-electron chi connectivity index (χ1n) is 10.3. The van der Waals surface area contributed by atoms with Crippen LogP contribution in [-0.4, -0.2) is 48.6 Å². The summed E-state index contributed by atoms with van der Waals surface area (Å²) in [6, 6.07) is 24.1. The molecule has 2 N–H and O–H groups in total. The lowest BCUT2D eigenvalue weighted by atomic mass is 10.2. The van der Waals surface area contributed by atoms with Gasteiger partial charge in [0.25, 0.3) is 0 Å². The lowest BCUT2D eigenvalue weighted by Gasteiger charge is -2.35. The zero-order valence-corrected chi connectivity index (χ0v) is 17.2. The summed E-state index contributed by atoms with van der Waals surface area (Å²) in [5, 5.41) is 20.8. The summed E-state index contributed by atoms with van der Waals surface area (Å²) in [6.07, 6.45) is 0. The van der Waals surface area contributed by atoms with E-state index in [1.807, 2.05) is 66.7 Å². The molecule has 1 aliphatic rings. The van der Waals surface area contributed by atoms with E-state index in [-0.39, 0.29) is 11.7 Å². The molecule has 0 aromatic heterocycles. The molecule has 4 rings (SSSR count). The number of anilines is 2. The number of benzene rings is 3. The van der Waals surface area contributed by atoms with Crippen LogP contribution < -0.4 is 10.2 Å². The maximum atomic E-state index is 12.4. The van der Waals surface area contributed by atoms with Gasteiger partial charge in [-0.15, -0.1) is 0 Å². The Bertz CT molecular complexity index is 1010. The highest BCUT2D eigenvalue weighted by Crippen LogP contribution is 2.21. The van der Waals surface area contributed by atoms with E-state index in [4.69, 9.17) is 0 Å². The van der Waals surface area contributed by atoms with Gasteiger partial charge in [0.15, 0.2) is 0 Å². The highest BCUT2D eigenvalue weighted by atomic mass is 16.3. The van der Waals surface area contributed by atoms with E-state index in [1.165, 1.54) is 0 Å². The number of nitrogens with zero attached hydrogens (tertiary/aromatic N) is 4. The van der Waals surface area contributed by atoms with E-state index in [9.17, 15) is 9.90 Å². The summed E-state index contributed by atoms with van der Waals surface area (Å²) < 4.78 is 0. The first-order valence-corrected chi connectivity index (χ1v) is 10.3. The van der Waals surface area contributed by atoms with Crippen molar-refractivity contribution in [1.82, 2.24) is 4.90 Å². The molecule has 1 aliphatic heterocycles. The molecule has 3 aromatic rings. The molecule has 0 saturated carbocycles. The van der Waals surface area contributed by atoms with Crippen LogP contribution in [0.2, 0.25) is 0 Å². The molecule has 7 heteroatoms. The smallest absolute Gasteiger partial charge is 0.238 e. The van der Waals surface area contributed by atoms with Crippen molar-refractivity contribution < 1.29 is 9.90 Å². The van der Waals surface area contributed by atoms with Crippen molar-refractivity contribution in [3.05, 3.63) is 78.9 Å². The van der Waals surface area contributed by atoms with E-state index in [1.54, 1.807) is 12.1 Å². The maximum Gasteiger partial charge on any atom is 0.238 e. The van der Waals surface area contributed by atoms with Crippen LogP contribution in [0.15, 0.2) is 89.1 Å². The fraction of sp³-hybridized carbons (Fsp3) is 0.208. The molecule has 0 bridgehead atoms. The van der Waals surface area contributed by atoms with Crippen LogP contribution in [0.1, 0.15) is 0 Å². The van der Waals surface area contributed by atoms with Gasteiger partial charge >= 0.3 is 0 Å². The van der Waals surface area contributed by atoms with Gasteiger partial charge in [-0.05, 0) is 60.7 Å². The molecule has 1 fully saturated rings. The molecular formula is C24H25N5O2. The van der Waals surface area contributed by atoms with Crippen LogP contribution in [0.3, 0.4) is 0 Å². The quantitative estimate of drug-likeness (QED) is 0.578. The second-order valence-corrected chi connectivity index (χ2v) is 7.41. The topological polar surface area (TPSA) is 80.5 Å². The minimum Gasteiger partial charge on any atom is -0.508 e. The lowest BCUT2D eigenvalue weighted by Crippen LogP contribution is -2.48. The van der Waals surface area contributed by atoms with Gasteiger partial charge in [-0.2, -0.15) is 10.2 Å².